The molecule has 4 heteroatoms. The number of aliphatic hydroxyl groups is 1. The number of carbonyl (C=O) groups is 1. The topological polar surface area (TPSA) is 43.8 Å². The van der Waals surface area contributed by atoms with Crippen LogP contribution < -0.4 is 4.90 Å². The number of hydrogen-bond donors (Lipinski definition) is 1. The minimum Gasteiger partial charge on any atom is -0.396 e. The summed E-state index contributed by atoms with van der Waals surface area (Å²) in [5.41, 5.74) is 2.68. The summed E-state index contributed by atoms with van der Waals surface area (Å²) in [5, 5.41) is 9.58. The minimum absolute atomic E-state index is 0.113. The molecule has 4 aliphatic heterocycles. The van der Waals surface area contributed by atoms with Crippen LogP contribution in [0.1, 0.15) is 24.8 Å². The van der Waals surface area contributed by atoms with Crippen molar-refractivity contribution in [1.82, 2.24) is 4.90 Å². The molecule has 130 valence electrons. The Hall–Kier alpha value is -1.65. The molecular formula is C21H24N2O2. The van der Waals surface area contributed by atoms with Crippen molar-refractivity contribution >= 4 is 11.6 Å². The van der Waals surface area contributed by atoms with Gasteiger partial charge in [-0.05, 0) is 55.3 Å². The molecule has 2 saturated heterocycles. The van der Waals surface area contributed by atoms with Crippen LogP contribution in [-0.2, 0) is 10.2 Å². The Morgan fingerprint density at radius 3 is 3.04 bits per heavy atom. The van der Waals surface area contributed by atoms with Crippen LogP contribution in [0.4, 0.5) is 5.69 Å². The summed E-state index contributed by atoms with van der Waals surface area (Å²) >= 11 is 0. The third kappa shape index (κ3) is 1.55. The third-order valence-electron chi connectivity index (χ3n) is 7.95. The quantitative estimate of drug-likeness (QED) is 0.897. The van der Waals surface area contributed by atoms with Crippen molar-refractivity contribution in [2.45, 2.75) is 36.8 Å². The maximum absolute atomic E-state index is 12.9. The molecular weight excluding hydrogens is 312 g/mol. The number of anilines is 1. The molecule has 1 aliphatic carbocycles. The molecule has 1 saturated carbocycles. The molecule has 1 aromatic rings. The Morgan fingerprint density at radius 1 is 1.28 bits per heavy atom. The van der Waals surface area contributed by atoms with Crippen molar-refractivity contribution in [2.24, 2.45) is 17.8 Å². The highest BCUT2D eigenvalue weighted by molar-refractivity contribution is 6.05. The Kier molecular flexibility index (Phi) is 2.75. The summed E-state index contributed by atoms with van der Waals surface area (Å²) in [6, 6.07) is 9.47. The Bertz CT molecular complexity index is 790. The number of rotatable bonds is 2. The van der Waals surface area contributed by atoms with E-state index in [-0.39, 0.29) is 24.0 Å². The van der Waals surface area contributed by atoms with Crippen LogP contribution >= 0.6 is 0 Å². The van der Waals surface area contributed by atoms with E-state index in [4.69, 9.17) is 0 Å². The number of para-hydroxylation sites is 1. The monoisotopic (exact) mass is 336 g/mol. The zero-order valence-electron chi connectivity index (χ0n) is 14.3. The van der Waals surface area contributed by atoms with E-state index in [2.05, 4.69) is 40.1 Å². The van der Waals surface area contributed by atoms with Gasteiger partial charge >= 0.3 is 0 Å². The van der Waals surface area contributed by atoms with E-state index < -0.39 is 0 Å². The van der Waals surface area contributed by atoms with Gasteiger partial charge in [0.1, 0.15) is 0 Å². The first kappa shape index (κ1) is 14.5. The number of nitrogens with zero attached hydrogens (tertiary/aromatic N) is 2. The molecule has 5 aliphatic rings. The van der Waals surface area contributed by atoms with Crippen molar-refractivity contribution in [3.8, 4) is 0 Å². The average molecular weight is 336 g/mol. The van der Waals surface area contributed by atoms with Crippen molar-refractivity contribution in [1.29, 1.82) is 0 Å². The summed E-state index contributed by atoms with van der Waals surface area (Å²) in [5.74, 6) is 1.72. The SMILES string of the molecule is O=C1C=CC2C3CC4N(CCC45c4ccccc4N1C25)CC3CCO. The molecule has 25 heavy (non-hydrogen) atoms. The number of amides is 1. The van der Waals surface area contributed by atoms with E-state index in [0.717, 1.165) is 31.6 Å². The normalized spacial score (nSPS) is 43.3. The van der Waals surface area contributed by atoms with Gasteiger partial charge in [0.25, 0.3) is 5.91 Å². The van der Waals surface area contributed by atoms with Gasteiger partial charge in [0, 0.05) is 36.2 Å². The predicted octanol–water partition coefficient (Wildman–Crippen LogP) is 1.93. The molecule has 4 nitrogen and oxygen atoms in total. The number of piperidine rings is 1. The first-order valence-corrected chi connectivity index (χ1v) is 9.71. The minimum atomic E-state index is 0.113. The number of fused-ring (bicyclic) bond motifs is 4. The summed E-state index contributed by atoms with van der Waals surface area (Å²) in [7, 11) is 0. The van der Waals surface area contributed by atoms with Crippen LogP contribution in [0.25, 0.3) is 0 Å². The second kappa shape index (κ2) is 4.74. The van der Waals surface area contributed by atoms with Crippen LogP contribution in [0, 0.1) is 17.8 Å². The molecule has 4 heterocycles. The van der Waals surface area contributed by atoms with Gasteiger partial charge in [-0.3, -0.25) is 9.69 Å². The summed E-state index contributed by atoms with van der Waals surface area (Å²) in [4.78, 5) is 17.7. The number of benzene rings is 1. The van der Waals surface area contributed by atoms with Gasteiger partial charge in [0.15, 0.2) is 0 Å². The van der Waals surface area contributed by atoms with E-state index in [1.807, 2.05) is 6.08 Å². The Labute approximate surface area is 148 Å². The fourth-order valence-electron chi connectivity index (χ4n) is 7.19. The van der Waals surface area contributed by atoms with Crippen molar-refractivity contribution < 1.29 is 9.90 Å². The van der Waals surface area contributed by atoms with Gasteiger partial charge in [-0.25, -0.2) is 0 Å². The second-order valence-electron chi connectivity index (χ2n) is 8.58. The zero-order valence-corrected chi connectivity index (χ0v) is 14.3. The molecule has 2 bridgehead atoms. The molecule has 0 aromatic heterocycles. The van der Waals surface area contributed by atoms with Crippen LogP contribution in [0.3, 0.4) is 0 Å². The first-order valence-electron chi connectivity index (χ1n) is 9.71. The van der Waals surface area contributed by atoms with E-state index >= 15 is 0 Å². The van der Waals surface area contributed by atoms with Gasteiger partial charge in [0.2, 0.25) is 0 Å². The van der Waals surface area contributed by atoms with Gasteiger partial charge in [-0.2, -0.15) is 0 Å². The Balaban J connectivity index is 1.59. The molecule has 1 spiro atoms. The van der Waals surface area contributed by atoms with Gasteiger partial charge in [-0.1, -0.05) is 24.3 Å². The van der Waals surface area contributed by atoms with E-state index in [1.54, 1.807) is 0 Å². The van der Waals surface area contributed by atoms with Crippen molar-refractivity contribution in [2.75, 3.05) is 24.6 Å². The highest BCUT2D eigenvalue weighted by Crippen LogP contribution is 2.64. The molecule has 0 radical (unpaired) electrons. The lowest BCUT2D eigenvalue weighted by molar-refractivity contribution is -0.116. The number of aliphatic hydroxyl groups excluding tert-OH is 1. The fraction of sp³-hybridized carbons (Fsp3) is 0.571. The van der Waals surface area contributed by atoms with Crippen molar-refractivity contribution in [3.63, 3.8) is 0 Å². The van der Waals surface area contributed by atoms with Gasteiger partial charge in [-0.15, -0.1) is 0 Å². The largest absolute Gasteiger partial charge is 0.396 e. The maximum Gasteiger partial charge on any atom is 0.250 e. The van der Waals surface area contributed by atoms with Gasteiger partial charge in [0.05, 0.1) is 6.04 Å². The fourth-order valence-corrected chi connectivity index (χ4v) is 7.19. The van der Waals surface area contributed by atoms with E-state index in [1.165, 1.54) is 12.0 Å². The summed E-state index contributed by atoms with van der Waals surface area (Å²) in [6.07, 6.45) is 7.29. The average Bonchev–Trinajstić information content (AvgIpc) is 3.17. The second-order valence-corrected chi connectivity index (χ2v) is 8.58. The summed E-state index contributed by atoms with van der Waals surface area (Å²) < 4.78 is 0. The van der Waals surface area contributed by atoms with Gasteiger partial charge < -0.3 is 10.0 Å². The molecule has 6 rings (SSSR count). The lowest BCUT2D eigenvalue weighted by Gasteiger charge is -2.58. The molecule has 1 N–H and O–H groups in total. The van der Waals surface area contributed by atoms with Crippen LogP contribution in [0.5, 0.6) is 0 Å². The molecule has 6 atom stereocenters. The highest BCUT2D eigenvalue weighted by atomic mass is 16.3. The number of carbonyl (C=O) groups excluding carboxylic acids is 1. The lowest BCUT2D eigenvalue weighted by Crippen LogP contribution is -2.66. The lowest BCUT2D eigenvalue weighted by atomic mass is 9.53. The maximum atomic E-state index is 12.9. The van der Waals surface area contributed by atoms with Crippen LogP contribution in [-0.4, -0.2) is 47.7 Å². The first-order chi connectivity index (χ1) is 12.3. The Morgan fingerprint density at radius 2 is 2.16 bits per heavy atom. The van der Waals surface area contributed by atoms with E-state index in [9.17, 15) is 9.90 Å². The number of hydrogen-bond acceptors (Lipinski definition) is 3. The standard InChI is InChI=1S/C21H24N2O2/c24-10-7-13-12-22-9-8-21-16-3-1-2-4-17(16)23-19(25)6-5-14(20(21)23)15(13)11-18(21)22/h1-6,13-15,18,20,24H,7-12H2. The predicted molar refractivity (Wildman–Crippen MR) is 95.3 cm³/mol. The smallest absolute Gasteiger partial charge is 0.250 e. The van der Waals surface area contributed by atoms with Crippen LogP contribution in [0.2, 0.25) is 0 Å². The van der Waals surface area contributed by atoms with Crippen LogP contribution in [0.15, 0.2) is 36.4 Å². The molecule has 6 unspecified atom stereocenters. The zero-order chi connectivity index (χ0) is 16.8. The highest BCUT2D eigenvalue weighted by Gasteiger charge is 2.68. The molecule has 3 fully saturated rings. The third-order valence-corrected chi connectivity index (χ3v) is 7.95. The summed E-state index contributed by atoms with van der Waals surface area (Å²) in [6.45, 7) is 2.52. The van der Waals surface area contributed by atoms with Crippen molar-refractivity contribution in [3.05, 3.63) is 42.0 Å². The van der Waals surface area contributed by atoms with E-state index in [0.29, 0.717) is 23.8 Å². The molecule has 1 amide bonds. The molecule has 1 aromatic carbocycles.